The second-order valence-corrected chi connectivity index (χ2v) is 22.9. The Bertz CT molecular complexity index is 2090. The van der Waals surface area contributed by atoms with Crippen molar-refractivity contribution in [3.8, 4) is 5.75 Å². The number of nitrogens with one attached hydrogen (secondary N) is 1. The van der Waals surface area contributed by atoms with Gasteiger partial charge in [0.05, 0.1) is 61.4 Å². The maximum atomic E-state index is 13.9. The van der Waals surface area contributed by atoms with E-state index in [2.05, 4.69) is 5.32 Å². The Labute approximate surface area is 444 Å². The Morgan fingerprint density at radius 3 is 1.83 bits per heavy atom. The summed E-state index contributed by atoms with van der Waals surface area (Å²) in [6.07, 6.45) is -5.14. The van der Waals surface area contributed by atoms with Gasteiger partial charge in [-0.3, -0.25) is 14.4 Å². The van der Waals surface area contributed by atoms with Gasteiger partial charge in [0, 0.05) is 12.2 Å². The highest BCUT2D eigenvalue weighted by Crippen LogP contribution is 2.38. The van der Waals surface area contributed by atoms with Crippen LogP contribution in [0.4, 0.5) is 5.69 Å². The number of hydrogen-bond donors (Lipinski definition) is 5. The second kappa shape index (κ2) is 27.7. The molecule has 7 atom stereocenters. The van der Waals surface area contributed by atoms with Crippen LogP contribution in [0.15, 0.2) is 54.6 Å². The Kier molecular flexibility index (Phi) is 24.0. The molecule has 0 aliphatic carbocycles. The zero-order valence-electron chi connectivity index (χ0n) is 47.1. The normalized spacial score (nSPS) is 20.3. The minimum Gasteiger partial charge on any atom is -0.465 e. The first-order chi connectivity index (χ1) is 34.7. The summed E-state index contributed by atoms with van der Waals surface area (Å²) < 4.78 is 58.6. The third-order valence-corrected chi connectivity index (χ3v) is 13.5. The van der Waals surface area contributed by atoms with Crippen molar-refractivity contribution in [1.82, 2.24) is 0 Å². The fourth-order valence-corrected chi connectivity index (χ4v) is 7.57. The monoisotopic (exact) mass is 1060 g/mol. The van der Waals surface area contributed by atoms with E-state index in [9.17, 15) is 39.6 Å². The van der Waals surface area contributed by atoms with Crippen molar-refractivity contribution < 1.29 is 87.0 Å². The quantitative estimate of drug-likeness (QED) is 0.0299. The molecule has 75 heavy (non-hydrogen) atoms. The summed E-state index contributed by atoms with van der Waals surface area (Å²) in [7, 11) is 0. The molecule has 5 N–H and O–H groups in total. The molecule has 19 nitrogen and oxygen atoms in total. The average molecular weight is 1060 g/mol. The van der Waals surface area contributed by atoms with Crippen LogP contribution in [0.5, 0.6) is 5.75 Å². The molecule has 0 amide bonds. The number of anilines is 1. The van der Waals surface area contributed by atoms with Crippen LogP contribution in [0, 0.1) is 16.2 Å². The number of hydrogen-bond acceptors (Lipinski definition) is 19. The predicted molar refractivity (Wildman–Crippen MR) is 278 cm³/mol. The molecule has 2 aromatic carbocycles. The van der Waals surface area contributed by atoms with Gasteiger partial charge >= 0.3 is 23.9 Å². The van der Waals surface area contributed by atoms with Gasteiger partial charge in [-0.15, -0.1) is 0 Å². The molecule has 3 rings (SSSR count). The number of carbonyl (C=O) groups excluding carboxylic acids is 4. The van der Waals surface area contributed by atoms with Crippen LogP contribution in [-0.2, 0) is 68.4 Å². The van der Waals surface area contributed by atoms with Gasteiger partial charge in [-0.1, -0.05) is 30.3 Å². The van der Waals surface area contributed by atoms with Crippen molar-refractivity contribution in [2.75, 3.05) is 58.1 Å². The molecular weight excluding hydrogens is 975 g/mol. The molecule has 1 saturated heterocycles. The summed E-state index contributed by atoms with van der Waals surface area (Å²) >= 11 is 0. The zero-order valence-corrected chi connectivity index (χ0v) is 47.1. The molecule has 0 spiro atoms. The van der Waals surface area contributed by atoms with Crippen molar-refractivity contribution >= 4 is 29.6 Å². The number of carbonyl (C=O) groups is 4. The maximum Gasteiger partial charge on any atom is 0.337 e. The summed E-state index contributed by atoms with van der Waals surface area (Å²) in [5.74, 6) is -2.28. The van der Waals surface area contributed by atoms with Crippen molar-refractivity contribution in [2.24, 2.45) is 16.2 Å². The van der Waals surface area contributed by atoms with E-state index in [-0.39, 0.29) is 39.1 Å². The van der Waals surface area contributed by atoms with Gasteiger partial charge in [0.15, 0.2) is 5.60 Å². The fraction of sp³-hybridized carbons (Fsp3) is 0.714. The third kappa shape index (κ3) is 19.5. The Morgan fingerprint density at radius 2 is 1.24 bits per heavy atom. The van der Waals surface area contributed by atoms with E-state index in [4.69, 9.17) is 47.4 Å². The fourth-order valence-electron chi connectivity index (χ4n) is 7.57. The highest BCUT2D eigenvalue weighted by Gasteiger charge is 2.50. The summed E-state index contributed by atoms with van der Waals surface area (Å²) in [4.78, 5) is 54.6. The lowest BCUT2D eigenvalue weighted by molar-refractivity contribution is -0.277. The van der Waals surface area contributed by atoms with Gasteiger partial charge in [-0.25, -0.2) is 4.79 Å². The topological polar surface area (TPSA) is 254 Å². The standard InChI is InChI=1S/C56H89NO18/c1-16-66-48(64)56(15,36-72-54(12,13)52(8,9)46(62)69-34-55(14,33-68-37(2)3)49(65)67-32-38-21-18-17-19-22-38)35-70-47(63)53(10,11)75-51(6,7)28-30-71-50(4,5)27-20-29-57-39-23-25-40(26-24-39)73-45-44(61)43(60)42(59)41(31-58)74-45/h17-19,21-26,37,41-45,57-61H,16,20,27-36H2,1-15H3/t41-,42+,43+,44-,45-,55?,56?/m1/s1. The molecule has 1 heterocycles. The Hall–Kier alpha value is -4.44. The van der Waals surface area contributed by atoms with Crippen LogP contribution in [0.1, 0.15) is 129 Å². The average Bonchev–Trinajstić information content (AvgIpc) is 3.34. The molecule has 1 aliphatic rings. The van der Waals surface area contributed by atoms with E-state index in [0.717, 1.165) is 24.1 Å². The summed E-state index contributed by atoms with van der Waals surface area (Å²) in [5, 5.41) is 43.1. The first-order valence-corrected chi connectivity index (χ1v) is 25.9. The van der Waals surface area contributed by atoms with Gasteiger partial charge in [-0.2, -0.15) is 0 Å². The molecule has 2 unspecified atom stereocenters. The summed E-state index contributed by atoms with van der Waals surface area (Å²) in [6, 6.07) is 16.1. The van der Waals surface area contributed by atoms with E-state index in [0.29, 0.717) is 25.3 Å². The third-order valence-electron chi connectivity index (χ3n) is 13.5. The van der Waals surface area contributed by atoms with Crippen molar-refractivity contribution in [2.45, 2.75) is 189 Å². The van der Waals surface area contributed by atoms with Gasteiger partial charge in [0.2, 0.25) is 6.29 Å². The molecule has 426 valence electrons. The van der Waals surface area contributed by atoms with Crippen LogP contribution < -0.4 is 10.1 Å². The lowest BCUT2D eigenvalue weighted by atomic mass is 9.76. The van der Waals surface area contributed by atoms with E-state index in [1.807, 2.05) is 71.9 Å². The number of rotatable bonds is 32. The minimum absolute atomic E-state index is 0.0358. The van der Waals surface area contributed by atoms with Crippen molar-refractivity contribution in [3.63, 3.8) is 0 Å². The number of aliphatic hydroxyl groups excluding tert-OH is 4. The number of benzene rings is 2. The van der Waals surface area contributed by atoms with Gasteiger partial charge < -0.3 is 73.1 Å². The minimum atomic E-state index is -1.54. The van der Waals surface area contributed by atoms with Gasteiger partial charge in [-0.05, 0) is 153 Å². The van der Waals surface area contributed by atoms with E-state index in [1.165, 1.54) is 0 Å². The van der Waals surface area contributed by atoms with Crippen LogP contribution in [-0.4, -0.2) is 156 Å². The maximum absolute atomic E-state index is 13.9. The molecule has 0 aromatic heterocycles. The van der Waals surface area contributed by atoms with E-state index in [1.54, 1.807) is 86.6 Å². The molecular formula is C56H89NO18. The molecule has 0 bridgehead atoms. The van der Waals surface area contributed by atoms with Crippen LogP contribution >= 0.6 is 0 Å². The SMILES string of the molecule is CCOC(=O)C(C)(COC(=O)C(C)(C)OC(C)(C)CCOC(C)(C)CCCNc1ccc(O[C@@H]2O[C@H](CO)[C@H](O)[C@H](O)[C@H]2O)cc1)COC(C)(C)C(C)(C)C(=O)OCC(C)(COC(C)C)C(=O)OCc1ccccc1. The van der Waals surface area contributed by atoms with Crippen LogP contribution in [0.3, 0.4) is 0 Å². The highest BCUT2D eigenvalue weighted by atomic mass is 16.7. The lowest BCUT2D eigenvalue weighted by Crippen LogP contribution is -2.60. The largest absolute Gasteiger partial charge is 0.465 e. The van der Waals surface area contributed by atoms with Crippen LogP contribution in [0.2, 0.25) is 0 Å². The van der Waals surface area contributed by atoms with E-state index < -0.39 is 106 Å². The van der Waals surface area contributed by atoms with Crippen molar-refractivity contribution in [1.29, 1.82) is 0 Å². The number of aliphatic hydroxyl groups is 4. The number of esters is 4. The first kappa shape index (κ1) is 64.8. The summed E-state index contributed by atoms with van der Waals surface area (Å²) in [5.41, 5.74) is -6.57. The number of ether oxygens (including phenoxy) is 10. The molecule has 1 fully saturated rings. The zero-order chi connectivity index (χ0) is 56.6. The van der Waals surface area contributed by atoms with Gasteiger partial charge in [0.1, 0.15) is 60.8 Å². The smallest absolute Gasteiger partial charge is 0.337 e. The van der Waals surface area contributed by atoms with E-state index >= 15 is 0 Å². The second-order valence-electron chi connectivity index (χ2n) is 22.9. The van der Waals surface area contributed by atoms with Crippen LogP contribution in [0.25, 0.3) is 0 Å². The molecule has 19 heteroatoms. The summed E-state index contributed by atoms with van der Waals surface area (Å²) in [6.45, 7) is 25.4. The predicted octanol–water partition coefficient (Wildman–Crippen LogP) is 6.47. The molecule has 0 radical (unpaired) electrons. The lowest BCUT2D eigenvalue weighted by Gasteiger charge is -2.42. The van der Waals surface area contributed by atoms with Gasteiger partial charge in [0.25, 0.3) is 0 Å². The Balaban J connectivity index is 1.51. The molecule has 1 aliphatic heterocycles. The van der Waals surface area contributed by atoms with Crippen molar-refractivity contribution in [3.05, 3.63) is 60.2 Å². The first-order valence-electron chi connectivity index (χ1n) is 25.9. The molecule has 2 aromatic rings. The molecule has 0 saturated carbocycles. The highest BCUT2D eigenvalue weighted by molar-refractivity contribution is 5.81. The Morgan fingerprint density at radius 1 is 0.653 bits per heavy atom.